The lowest BCUT2D eigenvalue weighted by atomic mass is 10.2. The van der Waals surface area contributed by atoms with Crippen LogP contribution in [0.2, 0.25) is 0 Å². The van der Waals surface area contributed by atoms with Crippen LogP contribution in [0.4, 0.5) is 15.8 Å². The lowest BCUT2D eigenvalue weighted by Gasteiger charge is -2.26. The maximum atomic E-state index is 13.3. The largest absolute Gasteiger partial charge is 0.396 e. The van der Waals surface area contributed by atoms with Gasteiger partial charge in [-0.2, -0.15) is 0 Å². The Morgan fingerprint density at radius 1 is 1.50 bits per heavy atom. The smallest absolute Gasteiger partial charge is 0.148 e. The van der Waals surface area contributed by atoms with Gasteiger partial charge in [-0.15, -0.1) is 0 Å². The number of nitrogen functional groups attached to an aromatic ring is 1. The third-order valence-electron chi connectivity index (χ3n) is 3.31. The van der Waals surface area contributed by atoms with E-state index in [0.29, 0.717) is 6.04 Å². The third-order valence-corrected chi connectivity index (χ3v) is 3.31. The van der Waals surface area contributed by atoms with Gasteiger partial charge in [-0.1, -0.05) is 0 Å². The Morgan fingerprint density at radius 2 is 2.25 bits per heavy atom. The highest BCUT2D eigenvalue weighted by molar-refractivity contribution is 5.54. The molecule has 4 heteroatoms. The van der Waals surface area contributed by atoms with Crippen molar-refractivity contribution < 1.29 is 4.39 Å². The van der Waals surface area contributed by atoms with E-state index < -0.39 is 0 Å². The van der Waals surface area contributed by atoms with Gasteiger partial charge in [-0.3, -0.25) is 0 Å². The molecule has 0 bridgehead atoms. The molecule has 1 fully saturated rings. The van der Waals surface area contributed by atoms with Gasteiger partial charge in [0.25, 0.3) is 0 Å². The lowest BCUT2D eigenvalue weighted by Crippen LogP contribution is -2.33. The standard InChI is InChI=1S/C12H18FN3/c1-15-6-5-10(8-15)16(2)9-3-4-12(14)11(13)7-9/h3-4,7,10H,5-6,8,14H2,1-2H3. The minimum atomic E-state index is -0.337. The van der Waals surface area contributed by atoms with E-state index in [2.05, 4.69) is 16.8 Å². The van der Waals surface area contributed by atoms with Crippen molar-refractivity contribution in [3.05, 3.63) is 24.0 Å². The van der Waals surface area contributed by atoms with Crippen molar-refractivity contribution in [3.63, 3.8) is 0 Å². The van der Waals surface area contributed by atoms with Crippen LogP contribution in [0.15, 0.2) is 18.2 Å². The minimum Gasteiger partial charge on any atom is -0.396 e. The van der Waals surface area contributed by atoms with Crippen molar-refractivity contribution in [3.8, 4) is 0 Å². The molecule has 1 aliphatic heterocycles. The maximum Gasteiger partial charge on any atom is 0.148 e. The van der Waals surface area contributed by atoms with Crippen molar-refractivity contribution in [2.24, 2.45) is 0 Å². The molecule has 1 saturated heterocycles. The maximum absolute atomic E-state index is 13.3. The van der Waals surface area contributed by atoms with Gasteiger partial charge in [-0.05, 0) is 38.2 Å². The van der Waals surface area contributed by atoms with Crippen LogP contribution in [-0.4, -0.2) is 38.1 Å². The normalized spacial score (nSPS) is 21.3. The molecule has 1 aromatic rings. The summed E-state index contributed by atoms with van der Waals surface area (Å²) in [4.78, 5) is 4.42. The zero-order valence-electron chi connectivity index (χ0n) is 9.78. The summed E-state index contributed by atoms with van der Waals surface area (Å²) in [6, 6.07) is 5.47. The molecular weight excluding hydrogens is 205 g/mol. The highest BCUT2D eigenvalue weighted by Crippen LogP contribution is 2.23. The molecule has 1 heterocycles. The minimum absolute atomic E-state index is 0.209. The van der Waals surface area contributed by atoms with Crippen LogP contribution in [0.25, 0.3) is 0 Å². The molecule has 1 aliphatic rings. The number of hydrogen-bond donors (Lipinski definition) is 1. The number of nitrogens with zero attached hydrogens (tertiary/aromatic N) is 2. The van der Waals surface area contributed by atoms with E-state index in [1.54, 1.807) is 6.07 Å². The van der Waals surface area contributed by atoms with Gasteiger partial charge in [0.1, 0.15) is 5.82 Å². The summed E-state index contributed by atoms with van der Waals surface area (Å²) in [6.45, 7) is 2.13. The van der Waals surface area contributed by atoms with E-state index >= 15 is 0 Å². The Bertz CT molecular complexity index is 381. The summed E-state index contributed by atoms with van der Waals surface area (Å²) in [5, 5.41) is 0. The zero-order valence-corrected chi connectivity index (χ0v) is 9.78. The average Bonchev–Trinajstić information content (AvgIpc) is 2.68. The summed E-state index contributed by atoms with van der Waals surface area (Å²) >= 11 is 0. The quantitative estimate of drug-likeness (QED) is 0.772. The molecule has 2 rings (SSSR count). The SMILES string of the molecule is CN1CCC(N(C)c2ccc(N)c(F)c2)C1. The van der Waals surface area contributed by atoms with E-state index in [1.165, 1.54) is 6.07 Å². The van der Waals surface area contributed by atoms with Crippen molar-refractivity contribution >= 4 is 11.4 Å². The van der Waals surface area contributed by atoms with Crippen molar-refractivity contribution in [2.45, 2.75) is 12.5 Å². The number of hydrogen-bond acceptors (Lipinski definition) is 3. The fourth-order valence-electron chi connectivity index (χ4n) is 2.17. The second kappa shape index (κ2) is 4.29. The van der Waals surface area contributed by atoms with Gasteiger partial charge in [-0.25, -0.2) is 4.39 Å². The van der Waals surface area contributed by atoms with Crippen LogP contribution in [-0.2, 0) is 0 Å². The molecule has 0 saturated carbocycles. The van der Waals surface area contributed by atoms with Crippen molar-refractivity contribution in [1.29, 1.82) is 0 Å². The Balaban J connectivity index is 2.14. The molecular formula is C12H18FN3. The number of benzene rings is 1. The third kappa shape index (κ3) is 2.11. The Labute approximate surface area is 95.6 Å². The predicted octanol–water partition coefficient (Wildman–Crippen LogP) is 1.55. The number of anilines is 2. The van der Waals surface area contributed by atoms with E-state index in [9.17, 15) is 4.39 Å². The number of likely N-dealkylation sites (tertiary alicyclic amines) is 1. The van der Waals surface area contributed by atoms with Gasteiger partial charge in [0.05, 0.1) is 5.69 Å². The summed E-state index contributed by atoms with van der Waals surface area (Å²) in [5.74, 6) is -0.337. The van der Waals surface area contributed by atoms with Crippen molar-refractivity contribution in [2.75, 3.05) is 37.8 Å². The van der Waals surface area contributed by atoms with Gasteiger partial charge >= 0.3 is 0 Å². The molecule has 0 spiro atoms. The number of likely N-dealkylation sites (N-methyl/N-ethyl adjacent to an activating group) is 2. The fourth-order valence-corrected chi connectivity index (χ4v) is 2.17. The summed E-state index contributed by atoms with van der Waals surface area (Å²) < 4.78 is 13.3. The monoisotopic (exact) mass is 223 g/mol. The molecule has 88 valence electrons. The number of rotatable bonds is 2. The van der Waals surface area contributed by atoms with Crippen LogP contribution in [0.5, 0.6) is 0 Å². The second-order valence-corrected chi connectivity index (χ2v) is 4.52. The Morgan fingerprint density at radius 3 is 2.81 bits per heavy atom. The van der Waals surface area contributed by atoms with Crippen LogP contribution in [0, 0.1) is 5.82 Å². The average molecular weight is 223 g/mol. The summed E-state index contributed by atoms with van der Waals surface area (Å²) in [6.07, 6.45) is 1.12. The van der Waals surface area contributed by atoms with Gasteiger partial charge < -0.3 is 15.5 Å². The summed E-state index contributed by atoms with van der Waals surface area (Å²) in [5.41, 5.74) is 6.57. The first-order chi connectivity index (χ1) is 7.58. The van der Waals surface area contributed by atoms with Crippen LogP contribution >= 0.6 is 0 Å². The lowest BCUT2D eigenvalue weighted by molar-refractivity contribution is 0.409. The van der Waals surface area contributed by atoms with Crippen LogP contribution in [0.1, 0.15) is 6.42 Å². The highest BCUT2D eigenvalue weighted by Gasteiger charge is 2.23. The highest BCUT2D eigenvalue weighted by atomic mass is 19.1. The first kappa shape index (κ1) is 11.2. The Kier molecular flexibility index (Phi) is 3.01. The Hall–Kier alpha value is -1.29. The molecule has 2 N–H and O–H groups in total. The molecule has 3 nitrogen and oxygen atoms in total. The molecule has 16 heavy (non-hydrogen) atoms. The topological polar surface area (TPSA) is 32.5 Å². The van der Waals surface area contributed by atoms with Gasteiger partial charge in [0.2, 0.25) is 0 Å². The molecule has 0 radical (unpaired) electrons. The van der Waals surface area contributed by atoms with Crippen molar-refractivity contribution in [1.82, 2.24) is 4.90 Å². The molecule has 1 unspecified atom stereocenters. The summed E-state index contributed by atoms with van der Waals surface area (Å²) in [7, 11) is 4.12. The molecule has 1 atom stereocenters. The van der Waals surface area contributed by atoms with E-state index in [-0.39, 0.29) is 11.5 Å². The van der Waals surface area contributed by atoms with Crippen LogP contribution < -0.4 is 10.6 Å². The molecule has 0 aromatic heterocycles. The van der Waals surface area contributed by atoms with Crippen LogP contribution in [0.3, 0.4) is 0 Å². The first-order valence-corrected chi connectivity index (χ1v) is 5.54. The zero-order chi connectivity index (χ0) is 11.7. The molecule has 1 aromatic carbocycles. The predicted molar refractivity (Wildman–Crippen MR) is 65.1 cm³/mol. The second-order valence-electron chi connectivity index (χ2n) is 4.52. The molecule has 0 aliphatic carbocycles. The first-order valence-electron chi connectivity index (χ1n) is 5.54. The van der Waals surface area contributed by atoms with E-state index in [4.69, 9.17) is 5.73 Å². The van der Waals surface area contributed by atoms with Gasteiger partial charge in [0.15, 0.2) is 0 Å². The van der Waals surface area contributed by atoms with E-state index in [1.807, 2.05) is 13.1 Å². The number of nitrogens with two attached hydrogens (primary N) is 1. The fraction of sp³-hybridized carbons (Fsp3) is 0.500. The van der Waals surface area contributed by atoms with E-state index in [0.717, 1.165) is 25.2 Å². The number of halogens is 1. The van der Waals surface area contributed by atoms with Gasteiger partial charge in [0, 0.05) is 25.3 Å². The molecule has 0 amide bonds.